The van der Waals surface area contributed by atoms with Crippen LogP contribution in [0.5, 0.6) is 23.0 Å². The van der Waals surface area contributed by atoms with Crippen molar-refractivity contribution in [3.63, 3.8) is 0 Å². The van der Waals surface area contributed by atoms with Crippen LogP contribution in [0.15, 0.2) is 30.3 Å². The van der Waals surface area contributed by atoms with Gasteiger partial charge in [0.1, 0.15) is 11.6 Å². The van der Waals surface area contributed by atoms with Crippen LogP contribution in [0.1, 0.15) is 5.56 Å². The number of anilines is 1. The average Bonchev–Trinajstić information content (AvgIpc) is 2.60. The van der Waals surface area contributed by atoms with Crippen molar-refractivity contribution in [2.45, 2.75) is 6.42 Å². The summed E-state index contributed by atoms with van der Waals surface area (Å²) in [7, 11) is 5.93. The smallest absolute Gasteiger partial charge is 0.228 e. The van der Waals surface area contributed by atoms with Crippen molar-refractivity contribution < 1.29 is 28.1 Å². The molecule has 0 saturated heterocycles. The number of halogens is 1. The first-order chi connectivity index (χ1) is 12.0. The van der Waals surface area contributed by atoms with Crippen molar-refractivity contribution >= 4 is 11.6 Å². The first-order valence-electron chi connectivity index (χ1n) is 7.44. The molecule has 0 bridgehead atoms. The molecular weight excluding hydrogens is 329 g/mol. The Bertz CT molecular complexity index is 738. The van der Waals surface area contributed by atoms with Crippen LogP contribution in [0, 0.1) is 5.82 Å². The summed E-state index contributed by atoms with van der Waals surface area (Å²) >= 11 is 0. The van der Waals surface area contributed by atoms with E-state index in [4.69, 9.17) is 18.9 Å². The Morgan fingerprint density at radius 3 is 2.04 bits per heavy atom. The fourth-order valence-electron chi connectivity index (χ4n) is 2.42. The lowest BCUT2D eigenvalue weighted by atomic mass is 10.1. The highest BCUT2D eigenvalue weighted by atomic mass is 19.1. The van der Waals surface area contributed by atoms with E-state index in [1.54, 1.807) is 12.1 Å². The summed E-state index contributed by atoms with van der Waals surface area (Å²) in [5.74, 6) is 0.937. The van der Waals surface area contributed by atoms with Crippen LogP contribution in [0.4, 0.5) is 10.1 Å². The van der Waals surface area contributed by atoms with Crippen LogP contribution in [0.2, 0.25) is 0 Å². The van der Waals surface area contributed by atoms with E-state index >= 15 is 0 Å². The van der Waals surface area contributed by atoms with E-state index in [0.29, 0.717) is 34.2 Å². The minimum Gasteiger partial charge on any atom is -0.496 e. The van der Waals surface area contributed by atoms with Crippen LogP contribution in [-0.2, 0) is 11.2 Å². The van der Waals surface area contributed by atoms with Gasteiger partial charge in [-0.15, -0.1) is 0 Å². The summed E-state index contributed by atoms with van der Waals surface area (Å²) in [5.41, 5.74) is 0.919. The number of carbonyl (C=O) groups excluding carboxylic acids is 1. The fourth-order valence-corrected chi connectivity index (χ4v) is 2.42. The van der Waals surface area contributed by atoms with Crippen LogP contribution in [0.25, 0.3) is 0 Å². The summed E-state index contributed by atoms with van der Waals surface area (Å²) in [6, 6.07) is 7.26. The highest BCUT2D eigenvalue weighted by Crippen LogP contribution is 2.40. The lowest BCUT2D eigenvalue weighted by Crippen LogP contribution is -2.15. The zero-order chi connectivity index (χ0) is 18.4. The van der Waals surface area contributed by atoms with Crippen molar-refractivity contribution in [1.29, 1.82) is 0 Å². The number of hydrogen-bond donors (Lipinski definition) is 1. The summed E-state index contributed by atoms with van der Waals surface area (Å²) < 4.78 is 34.3. The van der Waals surface area contributed by atoms with Gasteiger partial charge >= 0.3 is 0 Å². The van der Waals surface area contributed by atoms with Crippen molar-refractivity contribution in [2.75, 3.05) is 33.8 Å². The summed E-state index contributed by atoms with van der Waals surface area (Å²) in [6.07, 6.45) is -0.0441. The van der Waals surface area contributed by atoms with Gasteiger partial charge in [0.2, 0.25) is 11.7 Å². The third kappa shape index (κ3) is 4.32. The van der Waals surface area contributed by atoms with Gasteiger partial charge in [0, 0.05) is 23.4 Å². The molecule has 0 unspecified atom stereocenters. The largest absolute Gasteiger partial charge is 0.496 e. The number of nitrogens with one attached hydrogen (secondary N) is 1. The number of methoxy groups -OCH3 is 4. The molecule has 2 rings (SSSR count). The summed E-state index contributed by atoms with van der Waals surface area (Å²) in [4.78, 5) is 12.3. The predicted octanol–water partition coefficient (Wildman–Crippen LogP) is 3.04. The van der Waals surface area contributed by atoms with Crippen LogP contribution in [-0.4, -0.2) is 34.3 Å². The molecule has 2 aromatic carbocycles. The molecule has 7 heteroatoms. The molecule has 1 amide bonds. The molecule has 0 aromatic heterocycles. The van der Waals surface area contributed by atoms with E-state index in [1.807, 2.05) is 0 Å². The zero-order valence-electron chi connectivity index (χ0n) is 14.5. The second-order valence-electron chi connectivity index (χ2n) is 5.10. The van der Waals surface area contributed by atoms with Gasteiger partial charge in [-0.3, -0.25) is 4.79 Å². The molecule has 0 aliphatic heterocycles. The van der Waals surface area contributed by atoms with Crippen molar-refractivity contribution in [3.05, 3.63) is 41.7 Å². The van der Waals surface area contributed by atoms with E-state index in [2.05, 4.69) is 5.32 Å². The Balaban J connectivity index is 2.22. The van der Waals surface area contributed by atoms with Gasteiger partial charge in [0.05, 0.1) is 34.9 Å². The minimum absolute atomic E-state index is 0.0441. The standard InChI is InChI=1S/C18H20FNO5/c1-22-14-6-5-12(19)7-11(14)8-17(21)20-13-9-15(23-2)18(25-4)16(10-13)24-3/h5-7,9-10H,8H2,1-4H3,(H,20,21). The molecule has 0 fully saturated rings. The molecule has 6 nitrogen and oxygen atoms in total. The lowest BCUT2D eigenvalue weighted by Gasteiger charge is -2.15. The number of amides is 1. The molecular formula is C18H20FNO5. The lowest BCUT2D eigenvalue weighted by molar-refractivity contribution is -0.115. The molecule has 2 aromatic rings. The summed E-state index contributed by atoms with van der Waals surface area (Å²) in [5, 5.41) is 2.73. The number of ether oxygens (including phenoxy) is 4. The van der Waals surface area contributed by atoms with Gasteiger partial charge in [-0.2, -0.15) is 0 Å². The molecule has 0 aliphatic carbocycles. The van der Waals surface area contributed by atoms with Crippen molar-refractivity contribution in [1.82, 2.24) is 0 Å². The van der Waals surface area contributed by atoms with Crippen molar-refractivity contribution in [3.8, 4) is 23.0 Å². The fraction of sp³-hybridized carbons (Fsp3) is 0.278. The molecule has 0 aliphatic rings. The molecule has 0 saturated carbocycles. The zero-order valence-corrected chi connectivity index (χ0v) is 14.5. The third-order valence-corrected chi connectivity index (χ3v) is 3.54. The van der Waals surface area contributed by atoms with E-state index in [9.17, 15) is 9.18 Å². The molecule has 0 spiro atoms. The molecule has 0 heterocycles. The van der Waals surface area contributed by atoms with E-state index < -0.39 is 5.82 Å². The Hall–Kier alpha value is -2.96. The van der Waals surface area contributed by atoms with E-state index in [1.165, 1.54) is 46.6 Å². The van der Waals surface area contributed by atoms with Gasteiger partial charge in [-0.25, -0.2) is 4.39 Å². The molecule has 0 radical (unpaired) electrons. The number of benzene rings is 2. The number of hydrogen-bond acceptors (Lipinski definition) is 5. The molecule has 0 atom stereocenters. The summed E-state index contributed by atoms with van der Waals surface area (Å²) in [6.45, 7) is 0. The Kier molecular flexibility index (Phi) is 6.05. The second-order valence-corrected chi connectivity index (χ2v) is 5.10. The maximum absolute atomic E-state index is 13.4. The van der Waals surface area contributed by atoms with Gasteiger partial charge < -0.3 is 24.3 Å². The van der Waals surface area contributed by atoms with E-state index in [0.717, 1.165) is 0 Å². The Morgan fingerprint density at radius 1 is 0.920 bits per heavy atom. The SMILES string of the molecule is COc1ccc(F)cc1CC(=O)Nc1cc(OC)c(OC)c(OC)c1. The van der Waals surface area contributed by atoms with Gasteiger partial charge in [0.15, 0.2) is 11.5 Å². The van der Waals surface area contributed by atoms with E-state index in [-0.39, 0.29) is 12.3 Å². The number of rotatable bonds is 7. The first-order valence-corrected chi connectivity index (χ1v) is 7.44. The Morgan fingerprint density at radius 2 is 1.52 bits per heavy atom. The molecule has 134 valence electrons. The first kappa shape index (κ1) is 18.4. The van der Waals surface area contributed by atoms with Gasteiger partial charge in [0.25, 0.3) is 0 Å². The number of carbonyl (C=O) groups is 1. The maximum Gasteiger partial charge on any atom is 0.228 e. The second kappa shape index (κ2) is 8.23. The molecule has 25 heavy (non-hydrogen) atoms. The van der Waals surface area contributed by atoms with Crippen molar-refractivity contribution in [2.24, 2.45) is 0 Å². The topological polar surface area (TPSA) is 66.0 Å². The van der Waals surface area contributed by atoms with Crippen LogP contribution >= 0.6 is 0 Å². The highest BCUT2D eigenvalue weighted by Gasteiger charge is 2.15. The predicted molar refractivity (Wildman–Crippen MR) is 91.4 cm³/mol. The minimum atomic E-state index is -0.434. The third-order valence-electron chi connectivity index (χ3n) is 3.54. The highest BCUT2D eigenvalue weighted by molar-refractivity contribution is 5.93. The monoisotopic (exact) mass is 349 g/mol. The van der Waals surface area contributed by atoms with Crippen LogP contribution in [0.3, 0.4) is 0 Å². The Labute approximate surface area is 145 Å². The maximum atomic E-state index is 13.4. The quantitative estimate of drug-likeness (QED) is 0.832. The average molecular weight is 349 g/mol. The normalized spacial score (nSPS) is 10.1. The molecule has 1 N–H and O–H groups in total. The van der Waals surface area contributed by atoms with Crippen LogP contribution < -0.4 is 24.3 Å². The van der Waals surface area contributed by atoms with Gasteiger partial charge in [-0.05, 0) is 18.2 Å². The van der Waals surface area contributed by atoms with Gasteiger partial charge in [-0.1, -0.05) is 0 Å².